The Morgan fingerprint density at radius 1 is 1.29 bits per heavy atom. The van der Waals surface area contributed by atoms with Gasteiger partial charge in [-0.05, 0) is 50.0 Å². The van der Waals surface area contributed by atoms with Crippen LogP contribution in [0.3, 0.4) is 0 Å². The van der Waals surface area contributed by atoms with E-state index in [0.29, 0.717) is 5.92 Å². The van der Waals surface area contributed by atoms with E-state index in [4.69, 9.17) is 9.72 Å². The third-order valence-corrected chi connectivity index (χ3v) is 5.39. The van der Waals surface area contributed by atoms with Gasteiger partial charge >= 0.3 is 0 Å². The SMILES string of the molecule is CC(C)(C)c1nc2ccc(OCC3CCNCC3)cc2s1. The first-order valence-corrected chi connectivity index (χ1v) is 8.58. The molecule has 3 nitrogen and oxygen atoms in total. The smallest absolute Gasteiger partial charge is 0.120 e. The monoisotopic (exact) mass is 304 g/mol. The third kappa shape index (κ3) is 3.55. The molecule has 0 aliphatic carbocycles. The maximum Gasteiger partial charge on any atom is 0.120 e. The topological polar surface area (TPSA) is 34.1 Å². The first-order chi connectivity index (χ1) is 10.0. The average molecular weight is 304 g/mol. The Morgan fingerprint density at radius 2 is 2.05 bits per heavy atom. The van der Waals surface area contributed by atoms with Gasteiger partial charge in [-0.2, -0.15) is 0 Å². The van der Waals surface area contributed by atoms with E-state index in [1.54, 1.807) is 11.3 Å². The molecule has 1 N–H and O–H groups in total. The summed E-state index contributed by atoms with van der Waals surface area (Å²) in [6, 6.07) is 6.28. The van der Waals surface area contributed by atoms with Crippen molar-refractivity contribution in [3.63, 3.8) is 0 Å². The number of nitrogens with zero attached hydrogens (tertiary/aromatic N) is 1. The molecule has 2 heterocycles. The molecule has 0 unspecified atom stereocenters. The fourth-order valence-electron chi connectivity index (χ4n) is 2.58. The normalized spacial score (nSPS) is 17.3. The lowest BCUT2D eigenvalue weighted by molar-refractivity contribution is 0.215. The Kier molecular flexibility index (Phi) is 4.18. The highest BCUT2D eigenvalue weighted by atomic mass is 32.1. The van der Waals surface area contributed by atoms with Gasteiger partial charge < -0.3 is 10.1 Å². The number of fused-ring (bicyclic) bond motifs is 1. The van der Waals surface area contributed by atoms with Crippen LogP contribution in [0, 0.1) is 5.92 Å². The number of nitrogens with one attached hydrogen (secondary N) is 1. The molecule has 4 heteroatoms. The number of thiazole rings is 1. The Hall–Kier alpha value is -1.13. The summed E-state index contributed by atoms with van der Waals surface area (Å²) in [6.07, 6.45) is 2.44. The van der Waals surface area contributed by atoms with Crippen molar-refractivity contribution in [2.75, 3.05) is 19.7 Å². The standard InChI is InChI=1S/C17H24N2OS/c1-17(2,3)16-19-14-5-4-13(10-15(14)21-16)20-11-12-6-8-18-9-7-12/h4-5,10,12,18H,6-9,11H2,1-3H3. The number of aromatic nitrogens is 1. The van der Waals surface area contributed by atoms with Crippen molar-refractivity contribution in [1.29, 1.82) is 0 Å². The van der Waals surface area contributed by atoms with Gasteiger partial charge in [0.25, 0.3) is 0 Å². The summed E-state index contributed by atoms with van der Waals surface area (Å²) < 4.78 is 7.22. The predicted molar refractivity (Wildman–Crippen MR) is 89.4 cm³/mol. The molecule has 114 valence electrons. The summed E-state index contributed by atoms with van der Waals surface area (Å²) in [5.74, 6) is 1.67. The van der Waals surface area contributed by atoms with E-state index in [1.807, 2.05) is 0 Å². The highest BCUT2D eigenvalue weighted by molar-refractivity contribution is 7.18. The summed E-state index contributed by atoms with van der Waals surface area (Å²) in [5, 5.41) is 4.58. The van der Waals surface area contributed by atoms with Crippen molar-refractivity contribution in [3.8, 4) is 5.75 Å². The van der Waals surface area contributed by atoms with Gasteiger partial charge in [-0.15, -0.1) is 11.3 Å². The lowest BCUT2D eigenvalue weighted by Gasteiger charge is -2.22. The van der Waals surface area contributed by atoms with Crippen LogP contribution in [0.5, 0.6) is 5.75 Å². The molecule has 0 bridgehead atoms. The first kappa shape index (κ1) is 14.8. The summed E-state index contributed by atoms with van der Waals surface area (Å²) >= 11 is 1.78. The maximum absolute atomic E-state index is 6.00. The van der Waals surface area contributed by atoms with Gasteiger partial charge in [0, 0.05) is 5.41 Å². The minimum atomic E-state index is 0.111. The molecule has 1 saturated heterocycles. The van der Waals surface area contributed by atoms with Crippen molar-refractivity contribution in [1.82, 2.24) is 10.3 Å². The van der Waals surface area contributed by atoms with Crippen LogP contribution in [-0.2, 0) is 5.41 Å². The molecular formula is C17H24N2OS. The second-order valence-electron chi connectivity index (χ2n) is 6.90. The van der Waals surface area contributed by atoms with E-state index < -0.39 is 0 Å². The average Bonchev–Trinajstić information content (AvgIpc) is 2.89. The molecule has 0 amide bonds. The molecule has 0 radical (unpaired) electrons. The minimum absolute atomic E-state index is 0.111. The molecule has 2 aromatic rings. The van der Waals surface area contributed by atoms with E-state index in [1.165, 1.54) is 22.5 Å². The fraction of sp³-hybridized carbons (Fsp3) is 0.588. The zero-order valence-corrected chi connectivity index (χ0v) is 13.9. The number of benzene rings is 1. The molecule has 0 saturated carbocycles. The zero-order chi connectivity index (χ0) is 14.9. The summed E-state index contributed by atoms with van der Waals surface area (Å²) in [5.41, 5.74) is 1.19. The quantitative estimate of drug-likeness (QED) is 0.931. The van der Waals surface area contributed by atoms with E-state index >= 15 is 0 Å². The van der Waals surface area contributed by atoms with Gasteiger partial charge in [-0.1, -0.05) is 20.8 Å². The first-order valence-electron chi connectivity index (χ1n) is 7.77. The lowest BCUT2D eigenvalue weighted by Crippen LogP contribution is -2.30. The summed E-state index contributed by atoms with van der Waals surface area (Å²) in [4.78, 5) is 4.73. The largest absolute Gasteiger partial charge is 0.493 e. The summed E-state index contributed by atoms with van der Waals surface area (Å²) in [6.45, 7) is 9.70. The van der Waals surface area contributed by atoms with Crippen LogP contribution in [0.15, 0.2) is 18.2 Å². The fourth-order valence-corrected chi connectivity index (χ4v) is 3.63. The molecule has 0 atom stereocenters. The molecule has 3 rings (SSSR count). The van der Waals surface area contributed by atoms with Gasteiger partial charge in [-0.25, -0.2) is 4.98 Å². The molecule has 1 aromatic carbocycles. The van der Waals surface area contributed by atoms with Crippen LogP contribution in [-0.4, -0.2) is 24.7 Å². The number of rotatable bonds is 3. The van der Waals surface area contributed by atoms with Gasteiger partial charge in [0.05, 0.1) is 21.8 Å². The Labute approximate surface area is 130 Å². The highest BCUT2D eigenvalue weighted by Crippen LogP contribution is 2.33. The molecule has 21 heavy (non-hydrogen) atoms. The van der Waals surface area contributed by atoms with Crippen LogP contribution in [0.4, 0.5) is 0 Å². The van der Waals surface area contributed by atoms with E-state index in [0.717, 1.165) is 31.0 Å². The van der Waals surface area contributed by atoms with Crippen LogP contribution in [0.25, 0.3) is 10.2 Å². The van der Waals surface area contributed by atoms with Crippen molar-refractivity contribution in [2.24, 2.45) is 5.92 Å². The number of piperidine rings is 1. The lowest BCUT2D eigenvalue weighted by atomic mass is 9.98. The van der Waals surface area contributed by atoms with Gasteiger partial charge in [0.15, 0.2) is 0 Å². The van der Waals surface area contributed by atoms with E-state index in [9.17, 15) is 0 Å². The minimum Gasteiger partial charge on any atom is -0.493 e. The van der Waals surface area contributed by atoms with Crippen LogP contribution < -0.4 is 10.1 Å². The Morgan fingerprint density at radius 3 is 2.76 bits per heavy atom. The Bertz CT molecular complexity index is 609. The molecule has 1 fully saturated rings. The predicted octanol–water partition coefficient (Wildman–Crippen LogP) is 3.97. The molecular weight excluding hydrogens is 280 g/mol. The second-order valence-corrected chi connectivity index (χ2v) is 7.93. The third-order valence-electron chi connectivity index (χ3n) is 3.95. The molecule has 1 aliphatic rings. The van der Waals surface area contributed by atoms with Gasteiger partial charge in [0.1, 0.15) is 5.75 Å². The number of hydrogen-bond donors (Lipinski definition) is 1. The summed E-state index contributed by atoms with van der Waals surface area (Å²) in [7, 11) is 0. The molecule has 1 aromatic heterocycles. The van der Waals surface area contributed by atoms with Gasteiger partial charge in [-0.3, -0.25) is 0 Å². The van der Waals surface area contributed by atoms with Gasteiger partial charge in [0.2, 0.25) is 0 Å². The number of hydrogen-bond acceptors (Lipinski definition) is 4. The van der Waals surface area contributed by atoms with Crippen molar-refractivity contribution >= 4 is 21.6 Å². The van der Waals surface area contributed by atoms with Crippen molar-refractivity contribution in [2.45, 2.75) is 39.0 Å². The zero-order valence-electron chi connectivity index (χ0n) is 13.1. The van der Waals surface area contributed by atoms with Crippen LogP contribution >= 0.6 is 11.3 Å². The van der Waals surface area contributed by atoms with E-state index in [2.05, 4.69) is 44.3 Å². The highest BCUT2D eigenvalue weighted by Gasteiger charge is 2.19. The maximum atomic E-state index is 6.00. The van der Waals surface area contributed by atoms with Crippen molar-refractivity contribution in [3.05, 3.63) is 23.2 Å². The van der Waals surface area contributed by atoms with Crippen molar-refractivity contribution < 1.29 is 4.74 Å². The molecule has 0 spiro atoms. The molecule has 1 aliphatic heterocycles. The second kappa shape index (κ2) is 5.93. The van der Waals surface area contributed by atoms with Crippen LogP contribution in [0.1, 0.15) is 38.6 Å². The number of ether oxygens (including phenoxy) is 1. The Balaban J connectivity index is 1.71. The van der Waals surface area contributed by atoms with E-state index in [-0.39, 0.29) is 5.41 Å². The van der Waals surface area contributed by atoms with Crippen LogP contribution in [0.2, 0.25) is 0 Å².